The molecule has 0 spiro atoms. The van der Waals surface area contributed by atoms with Crippen molar-refractivity contribution < 1.29 is 0 Å². The van der Waals surface area contributed by atoms with Crippen LogP contribution in [0.1, 0.15) is 52.6 Å². The molecule has 2 aliphatic carbocycles. The number of allylic oxidation sites excluding steroid dienone is 4. The third kappa shape index (κ3) is 4.59. The summed E-state index contributed by atoms with van der Waals surface area (Å²) in [5, 5.41) is 7.87. The average Bonchev–Trinajstić information content (AvgIpc) is 3.61. The second-order valence-electron chi connectivity index (χ2n) is 15.8. The van der Waals surface area contributed by atoms with Gasteiger partial charge in [0.2, 0.25) is 0 Å². The molecule has 0 saturated carbocycles. The summed E-state index contributed by atoms with van der Waals surface area (Å²) in [6.07, 6.45) is 16.0. The van der Waals surface area contributed by atoms with Gasteiger partial charge < -0.3 is 9.47 Å². The number of anilines is 2. The van der Waals surface area contributed by atoms with Crippen LogP contribution in [0.4, 0.5) is 11.4 Å². The number of rotatable bonds is 4. The number of hydrogen-bond acceptors (Lipinski definition) is 1. The normalized spacial score (nSPS) is 15.5. The first-order valence-electron chi connectivity index (χ1n) is 20.4. The van der Waals surface area contributed by atoms with E-state index >= 15 is 0 Å². The van der Waals surface area contributed by atoms with Crippen molar-refractivity contribution in [2.75, 3.05) is 4.90 Å². The lowest BCUT2D eigenvalue weighted by atomic mass is 9.62. The molecule has 1 aromatic heterocycles. The quantitative estimate of drug-likeness (QED) is 0.164. The molecule has 12 rings (SSSR count). The van der Waals surface area contributed by atoms with Gasteiger partial charge in [-0.1, -0.05) is 152 Å². The van der Waals surface area contributed by atoms with E-state index in [0.717, 1.165) is 25.7 Å². The van der Waals surface area contributed by atoms with Crippen LogP contribution in [0.25, 0.3) is 55.1 Å². The van der Waals surface area contributed by atoms with Gasteiger partial charge in [0.1, 0.15) is 0 Å². The Hall–Kier alpha value is -6.90. The molecular weight excluding hydrogens is 689 g/mol. The molecule has 9 aromatic rings. The molecule has 0 radical (unpaired) electrons. The molecule has 3 aliphatic rings. The molecule has 2 heterocycles. The molecule has 0 bridgehead atoms. The highest BCUT2D eigenvalue weighted by Crippen LogP contribution is 2.58. The minimum absolute atomic E-state index is 0.576. The van der Waals surface area contributed by atoms with Gasteiger partial charge in [0, 0.05) is 22.2 Å². The highest BCUT2D eigenvalue weighted by Gasteiger charge is 2.47. The Kier molecular flexibility index (Phi) is 7.13. The van der Waals surface area contributed by atoms with Crippen LogP contribution in [0.2, 0.25) is 0 Å². The third-order valence-electron chi connectivity index (χ3n) is 12.9. The smallest absolute Gasteiger partial charge is 0.0743 e. The number of nitrogens with zero attached hydrogens (tertiary/aromatic N) is 2. The molecule has 1 aliphatic heterocycles. The lowest BCUT2D eigenvalue weighted by Gasteiger charge is -2.47. The molecule has 57 heavy (non-hydrogen) atoms. The van der Waals surface area contributed by atoms with Crippen LogP contribution >= 0.6 is 0 Å². The van der Waals surface area contributed by atoms with Gasteiger partial charge in [-0.05, 0) is 123 Å². The molecule has 0 unspecified atom stereocenters. The van der Waals surface area contributed by atoms with E-state index in [4.69, 9.17) is 0 Å². The Morgan fingerprint density at radius 1 is 0.439 bits per heavy atom. The van der Waals surface area contributed by atoms with Gasteiger partial charge in [0.05, 0.1) is 27.8 Å². The second-order valence-corrected chi connectivity index (χ2v) is 15.8. The standard InChI is InChI=1S/C55H40N2/c1-4-18-37(19-5-1)55(38-20-6-2-7-21-38)49-29-15-17-31-52(49)56(39-22-8-3-9-23-39)54-35-48-46-28-14-16-30-51(46)57(53(48)36-50(54)55)40-32-33-45-43-26-11-10-24-41(43)42-25-12-13-27-44(42)47(45)34-40/h1-2,4-8,10-12,14-26,28-36H,3,9,13,27H2. The van der Waals surface area contributed by atoms with Gasteiger partial charge in [-0.2, -0.15) is 0 Å². The Labute approximate surface area is 332 Å². The van der Waals surface area contributed by atoms with Crippen LogP contribution in [0.3, 0.4) is 0 Å². The minimum atomic E-state index is -0.576. The molecule has 0 atom stereocenters. The maximum atomic E-state index is 2.55. The summed E-state index contributed by atoms with van der Waals surface area (Å²) in [6, 6.07) is 61.7. The maximum absolute atomic E-state index is 2.55. The fourth-order valence-corrected chi connectivity index (χ4v) is 10.5. The van der Waals surface area contributed by atoms with Crippen molar-refractivity contribution in [2.24, 2.45) is 0 Å². The lowest BCUT2D eigenvalue weighted by Crippen LogP contribution is -2.38. The van der Waals surface area contributed by atoms with E-state index in [-0.39, 0.29) is 0 Å². The molecule has 270 valence electrons. The van der Waals surface area contributed by atoms with Crippen molar-refractivity contribution in [3.8, 4) is 5.69 Å². The van der Waals surface area contributed by atoms with Crippen molar-refractivity contribution in [3.05, 3.63) is 227 Å². The predicted molar refractivity (Wildman–Crippen MR) is 240 cm³/mol. The van der Waals surface area contributed by atoms with E-state index in [9.17, 15) is 0 Å². The first kappa shape index (κ1) is 32.4. The molecule has 2 heteroatoms. The fraction of sp³-hybridized carbons (Fsp3) is 0.0909. The highest BCUT2D eigenvalue weighted by atomic mass is 15.2. The van der Waals surface area contributed by atoms with Gasteiger partial charge in [0.15, 0.2) is 0 Å². The van der Waals surface area contributed by atoms with Crippen LogP contribution in [-0.2, 0) is 11.8 Å². The zero-order chi connectivity index (χ0) is 37.5. The largest absolute Gasteiger partial charge is 0.310 e. The van der Waals surface area contributed by atoms with Crippen LogP contribution in [0, 0.1) is 0 Å². The molecule has 0 amide bonds. The predicted octanol–water partition coefficient (Wildman–Crippen LogP) is 14.1. The van der Waals surface area contributed by atoms with Crippen LogP contribution in [-0.4, -0.2) is 4.57 Å². The van der Waals surface area contributed by atoms with Gasteiger partial charge in [-0.3, -0.25) is 0 Å². The van der Waals surface area contributed by atoms with Gasteiger partial charge in [-0.25, -0.2) is 0 Å². The molecule has 2 nitrogen and oxygen atoms in total. The zero-order valence-electron chi connectivity index (χ0n) is 31.7. The van der Waals surface area contributed by atoms with Crippen molar-refractivity contribution in [1.82, 2.24) is 4.57 Å². The summed E-state index contributed by atoms with van der Waals surface area (Å²) >= 11 is 0. The summed E-state index contributed by atoms with van der Waals surface area (Å²) in [7, 11) is 0. The van der Waals surface area contributed by atoms with Crippen molar-refractivity contribution >= 4 is 60.8 Å². The Balaban J connectivity index is 1.23. The monoisotopic (exact) mass is 728 g/mol. The molecule has 0 N–H and O–H groups in total. The summed E-state index contributed by atoms with van der Waals surface area (Å²) < 4.78 is 2.54. The lowest BCUT2D eigenvalue weighted by molar-refractivity contribution is 0.729. The first-order chi connectivity index (χ1) is 28.3. The highest BCUT2D eigenvalue weighted by molar-refractivity contribution is 6.15. The number of benzene rings is 8. The molecule has 8 aromatic carbocycles. The Bertz CT molecular complexity index is 3140. The maximum Gasteiger partial charge on any atom is 0.0743 e. The van der Waals surface area contributed by atoms with E-state index < -0.39 is 5.41 Å². The number of aromatic nitrogens is 1. The SMILES string of the molecule is C1=CC(N2c3ccccc3C(c3ccccc3)(c3ccccc3)c3cc4c(cc32)c2ccccc2n4-c2ccc3c(c2)c2c(c4ccccc43)C=CCC2)=CCC1. The number of aryl methyl sites for hydroxylation is 1. The topological polar surface area (TPSA) is 8.17 Å². The van der Waals surface area contributed by atoms with E-state index in [0.29, 0.717) is 0 Å². The van der Waals surface area contributed by atoms with Crippen LogP contribution in [0.5, 0.6) is 0 Å². The third-order valence-corrected chi connectivity index (χ3v) is 12.9. The van der Waals surface area contributed by atoms with E-state index in [1.165, 1.54) is 99.5 Å². The van der Waals surface area contributed by atoms with E-state index in [2.05, 4.69) is 204 Å². The van der Waals surface area contributed by atoms with Crippen molar-refractivity contribution in [1.29, 1.82) is 0 Å². The van der Waals surface area contributed by atoms with Gasteiger partial charge in [-0.15, -0.1) is 0 Å². The second kappa shape index (κ2) is 12.6. The average molecular weight is 729 g/mol. The van der Waals surface area contributed by atoms with Crippen molar-refractivity contribution in [2.45, 2.75) is 31.1 Å². The van der Waals surface area contributed by atoms with Gasteiger partial charge in [0.25, 0.3) is 0 Å². The molecular formula is C55H40N2. The van der Waals surface area contributed by atoms with Gasteiger partial charge >= 0.3 is 0 Å². The fourth-order valence-electron chi connectivity index (χ4n) is 10.5. The van der Waals surface area contributed by atoms with Crippen LogP contribution in [0.15, 0.2) is 194 Å². The van der Waals surface area contributed by atoms with E-state index in [1.807, 2.05) is 0 Å². The molecule has 0 saturated heterocycles. The number of hydrogen-bond donors (Lipinski definition) is 0. The summed E-state index contributed by atoms with van der Waals surface area (Å²) in [6.45, 7) is 0. The number of para-hydroxylation sites is 2. The first-order valence-corrected chi connectivity index (χ1v) is 20.4. The number of fused-ring (bicyclic) bond motifs is 11. The summed E-state index contributed by atoms with van der Waals surface area (Å²) in [5.41, 5.74) is 14.6. The Morgan fingerprint density at radius 3 is 1.91 bits per heavy atom. The van der Waals surface area contributed by atoms with Crippen molar-refractivity contribution in [3.63, 3.8) is 0 Å². The Morgan fingerprint density at radius 2 is 1.12 bits per heavy atom. The summed E-state index contributed by atoms with van der Waals surface area (Å²) in [4.78, 5) is 2.54. The van der Waals surface area contributed by atoms with E-state index in [1.54, 1.807) is 0 Å². The molecule has 0 fully saturated rings. The summed E-state index contributed by atoms with van der Waals surface area (Å²) in [5.74, 6) is 0. The van der Waals surface area contributed by atoms with Crippen LogP contribution < -0.4 is 4.90 Å². The zero-order valence-corrected chi connectivity index (χ0v) is 31.7. The minimum Gasteiger partial charge on any atom is -0.310 e.